The maximum absolute atomic E-state index is 11.5. The largest absolute Gasteiger partial charge is 0.395 e. The van der Waals surface area contributed by atoms with Crippen LogP contribution in [0.15, 0.2) is 12.7 Å². The van der Waals surface area contributed by atoms with E-state index in [0.717, 1.165) is 0 Å². The van der Waals surface area contributed by atoms with E-state index in [1.54, 1.807) is 18.0 Å². The van der Waals surface area contributed by atoms with Crippen molar-refractivity contribution in [3.63, 3.8) is 0 Å². The van der Waals surface area contributed by atoms with E-state index in [1.807, 2.05) is 11.8 Å². The number of hydrogen-bond acceptors (Lipinski definition) is 3. The second-order valence-electron chi connectivity index (χ2n) is 3.16. The minimum Gasteiger partial charge on any atom is -0.395 e. The molecule has 0 saturated heterocycles. The zero-order chi connectivity index (χ0) is 11.0. The molecule has 0 rings (SSSR count). The molecule has 0 aliphatic heterocycles. The van der Waals surface area contributed by atoms with Crippen LogP contribution in [0.4, 0.5) is 0 Å². The Labute approximate surface area is 85.8 Å². The number of likely N-dealkylation sites (N-methyl/N-ethyl adjacent to an activating group) is 1. The van der Waals surface area contributed by atoms with Crippen molar-refractivity contribution in [3.8, 4) is 0 Å². The van der Waals surface area contributed by atoms with Crippen molar-refractivity contribution in [2.45, 2.75) is 6.92 Å². The second kappa shape index (κ2) is 7.53. The minimum absolute atomic E-state index is 0.0664. The molecule has 0 unspecified atom stereocenters. The van der Waals surface area contributed by atoms with Crippen LogP contribution < -0.4 is 0 Å². The average molecular weight is 200 g/mol. The summed E-state index contributed by atoms with van der Waals surface area (Å²) in [5.41, 5.74) is 0. The van der Waals surface area contributed by atoms with Crippen molar-refractivity contribution in [1.82, 2.24) is 9.80 Å². The quantitative estimate of drug-likeness (QED) is 0.586. The fourth-order valence-electron chi connectivity index (χ4n) is 1.05. The molecule has 0 saturated carbocycles. The molecule has 0 heterocycles. The van der Waals surface area contributed by atoms with Crippen LogP contribution in [0.2, 0.25) is 0 Å². The van der Waals surface area contributed by atoms with Crippen LogP contribution in [-0.4, -0.2) is 60.6 Å². The van der Waals surface area contributed by atoms with Crippen molar-refractivity contribution < 1.29 is 9.90 Å². The Hall–Kier alpha value is -0.870. The summed E-state index contributed by atoms with van der Waals surface area (Å²) < 4.78 is 0. The molecule has 4 nitrogen and oxygen atoms in total. The molecule has 0 aromatic rings. The third-order valence-corrected chi connectivity index (χ3v) is 2.06. The SMILES string of the molecule is C=CCN(CCO)CC(=O)N(C)CC. The first-order chi connectivity index (χ1) is 6.65. The maximum atomic E-state index is 11.5. The van der Waals surface area contributed by atoms with Gasteiger partial charge in [0.15, 0.2) is 0 Å². The van der Waals surface area contributed by atoms with Crippen molar-refractivity contribution in [2.24, 2.45) is 0 Å². The predicted octanol–water partition coefficient (Wildman–Crippen LogP) is -0.0550. The Bertz CT molecular complexity index is 183. The van der Waals surface area contributed by atoms with E-state index >= 15 is 0 Å². The topological polar surface area (TPSA) is 43.8 Å². The molecule has 0 fully saturated rings. The Balaban J connectivity index is 4.00. The first kappa shape index (κ1) is 13.1. The highest BCUT2D eigenvalue weighted by molar-refractivity contribution is 5.77. The summed E-state index contributed by atoms with van der Waals surface area (Å²) in [5, 5.41) is 8.77. The van der Waals surface area contributed by atoms with E-state index in [2.05, 4.69) is 6.58 Å². The zero-order valence-corrected chi connectivity index (χ0v) is 9.07. The smallest absolute Gasteiger partial charge is 0.236 e. The van der Waals surface area contributed by atoms with E-state index in [1.165, 1.54) is 0 Å². The van der Waals surface area contributed by atoms with Gasteiger partial charge in [0.05, 0.1) is 13.2 Å². The predicted molar refractivity (Wildman–Crippen MR) is 57.0 cm³/mol. The number of amides is 1. The molecule has 0 aromatic heterocycles. The number of aliphatic hydroxyl groups is 1. The van der Waals surface area contributed by atoms with E-state index in [0.29, 0.717) is 26.2 Å². The summed E-state index contributed by atoms with van der Waals surface area (Å²) in [6.45, 7) is 7.80. The molecule has 0 spiro atoms. The molecule has 82 valence electrons. The van der Waals surface area contributed by atoms with Crippen LogP contribution in [0.1, 0.15) is 6.92 Å². The molecule has 0 radical (unpaired) electrons. The maximum Gasteiger partial charge on any atom is 0.236 e. The lowest BCUT2D eigenvalue weighted by atomic mass is 10.4. The van der Waals surface area contributed by atoms with E-state index < -0.39 is 0 Å². The monoisotopic (exact) mass is 200 g/mol. The summed E-state index contributed by atoms with van der Waals surface area (Å²) in [4.78, 5) is 15.0. The number of carbonyl (C=O) groups excluding carboxylic acids is 1. The lowest BCUT2D eigenvalue weighted by molar-refractivity contribution is -0.130. The van der Waals surface area contributed by atoms with Crippen molar-refractivity contribution in [2.75, 3.05) is 39.8 Å². The molecular weight excluding hydrogens is 180 g/mol. The summed E-state index contributed by atoms with van der Waals surface area (Å²) >= 11 is 0. The molecule has 0 bridgehead atoms. The number of rotatable bonds is 7. The van der Waals surface area contributed by atoms with Gasteiger partial charge in [-0.05, 0) is 6.92 Å². The van der Waals surface area contributed by atoms with Crippen LogP contribution in [-0.2, 0) is 4.79 Å². The van der Waals surface area contributed by atoms with Gasteiger partial charge in [-0.25, -0.2) is 0 Å². The highest BCUT2D eigenvalue weighted by Crippen LogP contribution is 1.92. The zero-order valence-electron chi connectivity index (χ0n) is 9.07. The van der Waals surface area contributed by atoms with Gasteiger partial charge in [-0.2, -0.15) is 0 Å². The molecular formula is C10H20N2O2. The van der Waals surface area contributed by atoms with Crippen LogP contribution in [0.5, 0.6) is 0 Å². The fraction of sp³-hybridized carbons (Fsp3) is 0.700. The third-order valence-electron chi connectivity index (χ3n) is 2.06. The van der Waals surface area contributed by atoms with Gasteiger partial charge in [-0.15, -0.1) is 6.58 Å². The first-order valence-electron chi connectivity index (χ1n) is 4.83. The Morgan fingerprint density at radius 1 is 1.57 bits per heavy atom. The lowest BCUT2D eigenvalue weighted by Gasteiger charge is -2.22. The molecule has 1 amide bonds. The van der Waals surface area contributed by atoms with Crippen molar-refractivity contribution >= 4 is 5.91 Å². The van der Waals surface area contributed by atoms with Crippen LogP contribution in [0.3, 0.4) is 0 Å². The third kappa shape index (κ3) is 4.99. The van der Waals surface area contributed by atoms with Crippen molar-refractivity contribution in [3.05, 3.63) is 12.7 Å². The number of carbonyl (C=O) groups is 1. The summed E-state index contributed by atoms with van der Waals surface area (Å²) in [7, 11) is 1.77. The van der Waals surface area contributed by atoms with Gasteiger partial charge in [0.2, 0.25) is 5.91 Å². The van der Waals surface area contributed by atoms with E-state index in [4.69, 9.17) is 5.11 Å². The van der Waals surface area contributed by atoms with Gasteiger partial charge in [0, 0.05) is 26.7 Å². The summed E-state index contributed by atoms with van der Waals surface area (Å²) in [5.74, 6) is 0.0720. The number of hydrogen-bond donors (Lipinski definition) is 1. The van der Waals surface area contributed by atoms with Gasteiger partial charge < -0.3 is 10.0 Å². The summed E-state index contributed by atoms with van der Waals surface area (Å²) in [6.07, 6.45) is 1.73. The average Bonchev–Trinajstić information content (AvgIpc) is 2.17. The molecule has 14 heavy (non-hydrogen) atoms. The Morgan fingerprint density at radius 3 is 2.64 bits per heavy atom. The molecule has 0 atom stereocenters. The van der Waals surface area contributed by atoms with Crippen LogP contribution in [0, 0.1) is 0 Å². The highest BCUT2D eigenvalue weighted by Gasteiger charge is 2.11. The van der Waals surface area contributed by atoms with E-state index in [-0.39, 0.29) is 12.5 Å². The fourth-order valence-corrected chi connectivity index (χ4v) is 1.05. The van der Waals surface area contributed by atoms with E-state index in [9.17, 15) is 4.79 Å². The highest BCUT2D eigenvalue weighted by atomic mass is 16.3. The minimum atomic E-state index is 0.0664. The van der Waals surface area contributed by atoms with Gasteiger partial charge in [-0.1, -0.05) is 6.08 Å². The van der Waals surface area contributed by atoms with Gasteiger partial charge in [-0.3, -0.25) is 9.69 Å². The van der Waals surface area contributed by atoms with Crippen LogP contribution in [0.25, 0.3) is 0 Å². The number of aliphatic hydroxyl groups excluding tert-OH is 1. The normalized spacial score (nSPS) is 10.3. The Morgan fingerprint density at radius 2 is 2.21 bits per heavy atom. The molecule has 0 aliphatic rings. The standard InChI is InChI=1S/C10H20N2O2/c1-4-6-12(7-8-13)9-10(14)11(3)5-2/h4,13H,1,5-9H2,2-3H3. The lowest BCUT2D eigenvalue weighted by Crippen LogP contribution is -2.39. The second-order valence-corrected chi connectivity index (χ2v) is 3.16. The molecule has 1 N–H and O–H groups in total. The molecule has 4 heteroatoms. The van der Waals surface area contributed by atoms with Crippen LogP contribution >= 0.6 is 0 Å². The number of nitrogens with zero attached hydrogens (tertiary/aromatic N) is 2. The van der Waals surface area contributed by atoms with Gasteiger partial charge in [0.1, 0.15) is 0 Å². The first-order valence-corrected chi connectivity index (χ1v) is 4.83. The molecule has 0 aromatic carbocycles. The van der Waals surface area contributed by atoms with Gasteiger partial charge >= 0.3 is 0 Å². The molecule has 0 aliphatic carbocycles. The van der Waals surface area contributed by atoms with Crippen molar-refractivity contribution in [1.29, 1.82) is 0 Å². The Kier molecular flexibility index (Phi) is 7.06. The summed E-state index contributed by atoms with van der Waals surface area (Å²) in [6, 6.07) is 0. The van der Waals surface area contributed by atoms with Gasteiger partial charge in [0.25, 0.3) is 0 Å².